The van der Waals surface area contributed by atoms with Crippen molar-refractivity contribution < 1.29 is 13.9 Å². The average molecular weight is 332 g/mol. The van der Waals surface area contributed by atoms with Crippen molar-refractivity contribution in [3.05, 3.63) is 52.2 Å². The lowest BCUT2D eigenvalue weighted by Crippen LogP contribution is -2.02. The van der Waals surface area contributed by atoms with Gasteiger partial charge in [0.05, 0.1) is 7.11 Å². The summed E-state index contributed by atoms with van der Waals surface area (Å²) in [5.41, 5.74) is 0.790. The van der Waals surface area contributed by atoms with Crippen LogP contribution in [0.3, 0.4) is 0 Å². The Hall–Kier alpha value is -2.32. The third kappa shape index (κ3) is 3.16. The van der Waals surface area contributed by atoms with E-state index < -0.39 is 5.97 Å². The van der Waals surface area contributed by atoms with E-state index in [0.717, 1.165) is 10.0 Å². The molecule has 100 valence electrons. The maximum atomic E-state index is 11.3. The van der Waals surface area contributed by atoms with E-state index in [4.69, 9.17) is 9.68 Å². The van der Waals surface area contributed by atoms with Gasteiger partial charge in [0.2, 0.25) is 0 Å². The summed E-state index contributed by atoms with van der Waals surface area (Å²) < 4.78 is 11.0. The summed E-state index contributed by atoms with van der Waals surface area (Å²) in [6.07, 6.45) is 1.35. The zero-order valence-electron chi connectivity index (χ0n) is 10.6. The molecule has 0 N–H and O–H groups in total. The fourth-order valence-electron chi connectivity index (χ4n) is 1.62. The number of methoxy groups -OCH3 is 1. The first-order valence-corrected chi connectivity index (χ1v) is 6.49. The summed E-state index contributed by atoms with van der Waals surface area (Å²) in [5.74, 6) is 0.384. The first-order valence-electron chi connectivity index (χ1n) is 5.70. The van der Waals surface area contributed by atoms with Crippen LogP contribution in [-0.4, -0.2) is 13.1 Å². The summed E-state index contributed by atoms with van der Waals surface area (Å²) >= 11 is 3.39. The van der Waals surface area contributed by atoms with Gasteiger partial charge in [0.25, 0.3) is 0 Å². The highest BCUT2D eigenvalue weighted by Crippen LogP contribution is 2.25. The van der Waals surface area contributed by atoms with Crippen LogP contribution >= 0.6 is 15.9 Å². The van der Waals surface area contributed by atoms with Crippen molar-refractivity contribution in [2.75, 3.05) is 7.11 Å². The summed E-state index contributed by atoms with van der Waals surface area (Å²) in [7, 11) is 1.22. The molecular weight excluding hydrogens is 322 g/mol. The number of hydrogen-bond acceptors (Lipinski definition) is 4. The van der Waals surface area contributed by atoms with Crippen LogP contribution in [-0.2, 0) is 9.53 Å². The van der Waals surface area contributed by atoms with Gasteiger partial charge in [-0.15, -0.1) is 0 Å². The summed E-state index contributed by atoms with van der Waals surface area (Å²) in [6, 6.07) is 12.9. The van der Waals surface area contributed by atoms with Crippen LogP contribution in [0.4, 0.5) is 0 Å². The van der Waals surface area contributed by atoms with Gasteiger partial charge >= 0.3 is 5.97 Å². The smallest absolute Gasteiger partial charge is 0.348 e. The molecule has 0 spiro atoms. The highest BCUT2D eigenvalue weighted by Gasteiger charge is 2.10. The van der Waals surface area contributed by atoms with Gasteiger partial charge in [-0.25, -0.2) is 4.79 Å². The van der Waals surface area contributed by atoms with Gasteiger partial charge in [-0.1, -0.05) is 28.1 Å². The number of carbonyl (C=O) groups is 1. The van der Waals surface area contributed by atoms with Gasteiger partial charge < -0.3 is 9.15 Å². The Morgan fingerprint density at radius 2 is 2.20 bits per heavy atom. The van der Waals surface area contributed by atoms with Crippen LogP contribution in [0.1, 0.15) is 5.76 Å². The van der Waals surface area contributed by atoms with Crippen molar-refractivity contribution in [3.8, 4) is 17.4 Å². The van der Waals surface area contributed by atoms with Crippen LogP contribution in [0.2, 0.25) is 0 Å². The minimum Gasteiger partial charge on any atom is -0.465 e. The van der Waals surface area contributed by atoms with Crippen molar-refractivity contribution in [1.82, 2.24) is 0 Å². The Labute approximate surface area is 124 Å². The lowest BCUT2D eigenvalue weighted by atomic mass is 10.2. The third-order valence-corrected chi connectivity index (χ3v) is 3.04. The van der Waals surface area contributed by atoms with E-state index in [1.54, 1.807) is 18.2 Å². The molecule has 1 heterocycles. The quantitative estimate of drug-likeness (QED) is 0.487. The Balaban J connectivity index is 2.32. The molecule has 1 aromatic carbocycles. The largest absolute Gasteiger partial charge is 0.465 e. The highest BCUT2D eigenvalue weighted by atomic mass is 79.9. The molecule has 0 unspecified atom stereocenters. The van der Waals surface area contributed by atoms with Crippen molar-refractivity contribution >= 4 is 28.0 Å². The van der Waals surface area contributed by atoms with E-state index in [1.807, 2.05) is 24.3 Å². The molecule has 4 nitrogen and oxygen atoms in total. The SMILES string of the molecule is COC(=O)C(C#N)=Cc1ccc(-c2cccc(Br)c2)o1. The minimum atomic E-state index is -0.687. The van der Waals surface area contributed by atoms with Gasteiger partial charge in [0.15, 0.2) is 0 Å². The van der Waals surface area contributed by atoms with Gasteiger partial charge in [0, 0.05) is 16.1 Å². The molecule has 2 aromatic rings. The molecule has 1 aromatic heterocycles. The third-order valence-electron chi connectivity index (χ3n) is 2.55. The Morgan fingerprint density at radius 1 is 1.40 bits per heavy atom. The van der Waals surface area contributed by atoms with E-state index in [1.165, 1.54) is 13.2 Å². The zero-order valence-corrected chi connectivity index (χ0v) is 12.2. The van der Waals surface area contributed by atoms with Crippen molar-refractivity contribution in [3.63, 3.8) is 0 Å². The van der Waals surface area contributed by atoms with Crippen LogP contribution in [0.5, 0.6) is 0 Å². The first kappa shape index (κ1) is 14.1. The topological polar surface area (TPSA) is 63.2 Å². The Kier molecular flexibility index (Phi) is 4.38. The fraction of sp³-hybridized carbons (Fsp3) is 0.0667. The van der Waals surface area contributed by atoms with Crippen LogP contribution < -0.4 is 0 Å². The number of halogens is 1. The lowest BCUT2D eigenvalue weighted by Gasteiger charge is -1.97. The molecule has 0 aliphatic carbocycles. The number of nitrogens with zero attached hydrogens (tertiary/aromatic N) is 1. The van der Waals surface area contributed by atoms with Crippen molar-refractivity contribution in [1.29, 1.82) is 5.26 Å². The molecule has 0 aliphatic heterocycles. The van der Waals surface area contributed by atoms with E-state index in [0.29, 0.717) is 11.5 Å². The summed E-state index contributed by atoms with van der Waals surface area (Å²) in [6.45, 7) is 0. The standard InChI is InChI=1S/C15H10BrNO3/c1-19-15(18)11(9-17)8-13-5-6-14(20-13)10-3-2-4-12(16)7-10/h2-8H,1H3. The number of hydrogen-bond donors (Lipinski definition) is 0. The molecule has 0 aliphatic rings. The van der Waals surface area contributed by atoms with E-state index in [9.17, 15) is 4.79 Å². The second-order valence-electron chi connectivity index (χ2n) is 3.87. The molecule has 0 saturated heterocycles. The molecule has 5 heteroatoms. The zero-order chi connectivity index (χ0) is 14.5. The van der Waals surface area contributed by atoms with E-state index >= 15 is 0 Å². The molecule has 0 amide bonds. The fourth-order valence-corrected chi connectivity index (χ4v) is 2.02. The number of nitriles is 1. The first-order chi connectivity index (χ1) is 9.63. The normalized spacial score (nSPS) is 10.9. The predicted molar refractivity (Wildman–Crippen MR) is 77.5 cm³/mol. The van der Waals surface area contributed by atoms with Crippen LogP contribution in [0.15, 0.2) is 50.9 Å². The molecule has 0 bridgehead atoms. The maximum Gasteiger partial charge on any atom is 0.348 e. The number of rotatable bonds is 3. The number of benzene rings is 1. The van der Waals surface area contributed by atoms with E-state index in [-0.39, 0.29) is 5.57 Å². The molecule has 0 saturated carbocycles. The predicted octanol–water partition coefficient (Wildman–Crippen LogP) is 3.79. The Morgan fingerprint density at radius 3 is 2.85 bits per heavy atom. The molecule has 2 rings (SSSR count). The van der Waals surface area contributed by atoms with Gasteiger partial charge in [0.1, 0.15) is 23.2 Å². The average Bonchev–Trinajstić information content (AvgIpc) is 2.92. The van der Waals surface area contributed by atoms with Crippen LogP contribution in [0.25, 0.3) is 17.4 Å². The molecule has 20 heavy (non-hydrogen) atoms. The van der Waals surface area contributed by atoms with Crippen molar-refractivity contribution in [2.45, 2.75) is 0 Å². The second-order valence-corrected chi connectivity index (χ2v) is 4.79. The number of ether oxygens (including phenoxy) is 1. The second kappa shape index (κ2) is 6.22. The van der Waals surface area contributed by atoms with E-state index in [2.05, 4.69) is 20.7 Å². The number of carbonyl (C=O) groups excluding carboxylic acids is 1. The number of esters is 1. The molecule has 0 radical (unpaired) electrons. The lowest BCUT2D eigenvalue weighted by molar-refractivity contribution is -0.135. The molecular formula is C15H10BrNO3. The highest BCUT2D eigenvalue weighted by molar-refractivity contribution is 9.10. The summed E-state index contributed by atoms with van der Waals surface area (Å²) in [5, 5.41) is 8.88. The van der Waals surface area contributed by atoms with Gasteiger partial charge in [-0.05, 0) is 24.3 Å². The van der Waals surface area contributed by atoms with Gasteiger partial charge in [-0.3, -0.25) is 0 Å². The molecule has 0 atom stereocenters. The summed E-state index contributed by atoms with van der Waals surface area (Å²) in [4.78, 5) is 11.3. The van der Waals surface area contributed by atoms with Crippen molar-refractivity contribution in [2.24, 2.45) is 0 Å². The Bertz CT molecular complexity index is 710. The minimum absolute atomic E-state index is 0.109. The van der Waals surface area contributed by atoms with Crippen LogP contribution in [0, 0.1) is 11.3 Å². The van der Waals surface area contributed by atoms with Gasteiger partial charge in [-0.2, -0.15) is 5.26 Å². The monoisotopic (exact) mass is 331 g/mol. The number of furan rings is 1. The molecule has 0 fully saturated rings. The maximum absolute atomic E-state index is 11.3.